The van der Waals surface area contributed by atoms with Crippen LogP contribution in [0.1, 0.15) is 45.4 Å². The average Bonchev–Trinajstić information content (AvgIpc) is 3.09. The summed E-state index contributed by atoms with van der Waals surface area (Å²) in [5.74, 6) is 1.08. The SMILES string of the molecule is CCC1(CNC(=NC)NCC2(CS(C)(=O)=O)CC2)CCC1.I. The average molecular weight is 443 g/mol. The Hall–Kier alpha value is -0.0500. The van der Waals surface area contributed by atoms with Crippen LogP contribution < -0.4 is 10.6 Å². The summed E-state index contributed by atoms with van der Waals surface area (Å²) in [4.78, 5) is 4.26. The molecule has 2 rings (SSSR count). The van der Waals surface area contributed by atoms with Gasteiger partial charge in [0.15, 0.2) is 5.96 Å². The van der Waals surface area contributed by atoms with Crippen molar-refractivity contribution >= 4 is 39.8 Å². The first-order valence-corrected chi connectivity index (χ1v) is 10.0. The summed E-state index contributed by atoms with van der Waals surface area (Å²) < 4.78 is 22.9. The topological polar surface area (TPSA) is 70.6 Å². The minimum Gasteiger partial charge on any atom is -0.356 e. The van der Waals surface area contributed by atoms with Crippen molar-refractivity contribution in [1.29, 1.82) is 0 Å². The summed E-state index contributed by atoms with van der Waals surface area (Å²) in [6.07, 6.45) is 8.43. The molecule has 22 heavy (non-hydrogen) atoms. The van der Waals surface area contributed by atoms with Gasteiger partial charge < -0.3 is 10.6 Å². The van der Waals surface area contributed by atoms with E-state index in [-0.39, 0.29) is 35.1 Å². The molecule has 0 aromatic heterocycles. The van der Waals surface area contributed by atoms with Crippen LogP contribution in [0.2, 0.25) is 0 Å². The Labute approximate surface area is 152 Å². The lowest BCUT2D eigenvalue weighted by molar-refractivity contribution is 0.131. The molecule has 0 heterocycles. The Morgan fingerprint density at radius 2 is 1.64 bits per heavy atom. The van der Waals surface area contributed by atoms with E-state index in [1.807, 2.05) is 0 Å². The number of nitrogens with zero attached hydrogens (tertiary/aromatic N) is 1. The summed E-state index contributed by atoms with van der Waals surface area (Å²) in [6.45, 7) is 3.91. The van der Waals surface area contributed by atoms with E-state index in [2.05, 4.69) is 22.5 Å². The predicted octanol–water partition coefficient (Wildman–Crippen LogP) is 2.17. The van der Waals surface area contributed by atoms with Gasteiger partial charge in [-0.05, 0) is 37.5 Å². The molecule has 2 saturated carbocycles. The van der Waals surface area contributed by atoms with Gasteiger partial charge >= 0.3 is 0 Å². The van der Waals surface area contributed by atoms with Crippen LogP contribution in [0.3, 0.4) is 0 Å². The summed E-state index contributed by atoms with van der Waals surface area (Å²) >= 11 is 0. The highest BCUT2D eigenvalue weighted by Crippen LogP contribution is 2.46. The van der Waals surface area contributed by atoms with Crippen LogP contribution in [0.25, 0.3) is 0 Å². The minimum absolute atomic E-state index is 0. The van der Waals surface area contributed by atoms with E-state index >= 15 is 0 Å². The fourth-order valence-electron chi connectivity index (χ4n) is 3.20. The smallest absolute Gasteiger partial charge is 0.191 e. The molecule has 0 aliphatic heterocycles. The standard InChI is InChI=1S/C15H29N3O2S.HI/c1-4-14(6-5-7-14)10-17-13(16-2)18-11-15(8-9-15)12-21(3,19)20;/h4-12H2,1-3H3,(H2,16,17,18);1H. The summed E-state index contributed by atoms with van der Waals surface area (Å²) in [5.41, 5.74) is 0.381. The fraction of sp³-hybridized carbons (Fsp3) is 0.933. The van der Waals surface area contributed by atoms with Gasteiger partial charge in [-0.2, -0.15) is 0 Å². The van der Waals surface area contributed by atoms with Gasteiger partial charge in [-0.3, -0.25) is 4.99 Å². The molecule has 2 aliphatic rings. The lowest BCUT2D eigenvalue weighted by Crippen LogP contribution is -2.47. The van der Waals surface area contributed by atoms with E-state index in [0.29, 0.717) is 12.0 Å². The molecule has 0 unspecified atom stereocenters. The van der Waals surface area contributed by atoms with Crippen molar-refractivity contribution in [3.63, 3.8) is 0 Å². The zero-order valence-electron chi connectivity index (χ0n) is 13.9. The maximum absolute atomic E-state index is 11.5. The van der Waals surface area contributed by atoms with Gasteiger partial charge in [0, 0.05) is 31.8 Å². The van der Waals surface area contributed by atoms with E-state index in [4.69, 9.17) is 0 Å². The van der Waals surface area contributed by atoms with Crippen LogP contribution in [0.5, 0.6) is 0 Å². The minimum atomic E-state index is -2.91. The fourth-order valence-corrected chi connectivity index (χ4v) is 4.70. The van der Waals surface area contributed by atoms with E-state index in [9.17, 15) is 8.42 Å². The molecule has 0 bridgehead atoms. The lowest BCUT2D eigenvalue weighted by Gasteiger charge is -2.41. The molecule has 0 atom stereocenters. The van der Waals surface area contributed by atoms with Crippen molar-refractivity contribution in [2.24, 2.45) is 15.8 Å². The molecule has 2 fully saturated rings. The third-order valence-electron chi connectivity index (χ3n) is 5.17. The van der Waals surface area contributed by atoms with Crippen molar-refractivity contribution in [1.82, 2.24) is 10.6 Å². The number of rotatable bonds is 7. The Morgan fingerprint density at radius 3 is 1.95 bits per heavy atom. The molecule has 130 valence electrons. The second kappa shape index (κ2) is 7.68. The second-order valence-corrected chi connectivity index (χ2v) is 9.20. The van der Waals surface area contributed by atoms with Gasteiger partial charge in [-0.15, -0.1) is 24.0 Å². The second-order valence-electron chi connectivity index (χ2n) is 7.06. The summed E-state index contributed by atoms with van der Waals surface area (Å²) in [6, 6.07) is 0. The first-order valence-electron chi connectivity index (χ1n) is 7.94. The molecular weight excluding hydrogens is 413 g/mol. The molecule has 5 nitrogen and oxygen atoms in total. The molecule has 2 aliphatic carbocycles. The van der Waals surface area contributed by atoms with Crippen LogP contribution in [0.15, 0.2) is 4.99 Å². The Bertz CT molecular complexity index is 491. The highest BCUT2D eigenvalue weighted by molar-refractivity contribution is 14.0. The maximum atomic E-state index is 11.5. The Balaban J connectivity index is 0.00000242. The highest BCUT2D eigenvalue weighted by atomic mass is 127. The number of hydrogen-bond acceptors (Lipinski definition) is 3. The van der Waals surface area contributed by atoms with Gasteiger partial charge in [-0.1, -0.05) is 13.3 Å². The summed E-state index contributed by atoms with van der Waals surface area (Å²) in [7, 11) is -1.14. The Kier molecular flexibility index (Phi) is 6.98. The number of halogens is 1. The predicted molar refractivity (Wildman–Crippen MR) is 103 cm³/mol. The first kappa shape index (κ1) is 20.0. The first-order chi connectivity index (χ1) is 9.82. The maximum Gasteiger partial charge on any atom is 0.191 e. The van der Waals surface area contributed by atoms with Gasteiger partial charge in [0.05, 0.1) is 5.75 Å². The zero-order valence-corrected chi connectivity index (χ0v) is 17.1. The van der Waals surface area contributed by atoms with Crippen molar-refractivity contribution < 1.29 is 8.42 Å². The normalized spacial score (nSPS) is 22.2. The number of nitrogens with one attached hydrogen (secondary N) is 2. The van der Waals surface area contributed by atoms with E-state index < -0.39 is 9.84 Å². The van der Waals surface area contributed by atoms with E-state index in [1.54, 1.807) is 7.05 Å². The van der Waals surface area contributed by atoms with Gasteiger partial charge in [-0.25, -0.2) is 8.42 Å². The quantitative estimate of drug-likeness (QED) is 0.360. The number of aliphatic imine (C=N–C) groups is 1. The molecule has 0 saturated heterocycles. The van der Waals surface area contributed by atoms with Crippen LogP contribution >= 0.6 is 24.0 Å². The van der Waals surface area contributed by atoms with Crippen LogP contribution in [-0.2, 0) is 9.84 Å². The molecule has 0 aromatic carbocycles. The monoisotopic (exact) mass is 443 g/mol. The van der Waals surface area contributed by atoms with Gasteiger partial charge in [0.2, 0.25) is 0 Å². The van der Waals surface area contributed by atoms with Crippen molar-refractivity contribution in [3.05, 3.63) is 0 Å². The van der Waals surface area contributed by atoms with E-state index in [1.165, 1.54) is 31.9 Å². The molecule has 0 amide bonds. The number of guanidine groups is 1. The van der Waals surface area contributed by atoms with Gasteiger partial charge in [0.1, 0.15) is 9.84 Å². The molecular formula is C15H30IN3O2S. The molecule has 2 N–H and O–H groups in total. The zero-order chi connectivity index (χ0) is 15.6. The van der Waals surface area contributed by atoms with E-state index in [0.717, 1.165) is 25.3 Å². The van der Waals surface area contributed by atoms with Gasteiger partial charge in [0.25, 0.3) is 0 Å². The molecule has 0 aromatic rings. The highest BCUT2D eigenvalue weighted by Gasteiger charge is 2.45. The third kappa shape index (κ3) is 5.54. The van der Waals surface area contributed by atoms with Crippen molar-refractivity contribution in [2.75, 3.05) is 32.1 Å². The summed E-state index contributed by atoms with van der Waals surface area (Å²) in [5, 5.41) is 6.73. The molecule has 7 heteroatoms. The Morgan fingerprint density at radius 1 is 1.09 bits per heavy atom. The van der Waals surface area contributed by atoms with Crippen molar-refractivity contribution in [2.45, 2.75) is 45.4 Å². The largest absolute Gasteiger partial charge is 0.356 e. The van der Waals surface area contributed by atoms with Crippen LogP contribution in [0.4, 0.5) is 0 Å². The molecule has 0 spiro atoms. The molecule has 0 radical (unpaired) electrons. The van der Waals surface area contributed by atoms with Crippen molar-refractivity contribution in [3.8, 4) is 0 Å². The van der Waals surface area contributed by atoms with Crippen LogP contribution in [-0.4, -0.2) is 46.5 Å². The van der Waals surface area contributed by atoms with Crippen LogP contribution in [0, 0.1) is 10.8 Å². The third-order valence-corrected chi connectivity index (χ3v) is 6.31. The lowest BCUT2D eigenvalue weighted by atomic mass is 9.67. The number of hydrogen-bond donors (Lipinski definition) is 2. The number of sulfone groups is 1.